The number of aromatic nitrogens is 2. The van der Waals surface area contributed by atoms with E-state index in [9.17, 15) is 0 Å². The van der Waals surface area contributed by atoms with Crippen molar-refractivity contribution in [1.82, 2.24) is 20.8 Å². The Labute approximate surface area is 182 Å². The van der Waals surface area contributed by atoms with Crippen LogP contribution in [0.3, 0.4) is 0 Å². The van der Waals surface area contributed by atoms with Gasteiger partial charge >= 0.3 is 0 Å². The van der Waals surface area contributed by atoms with Crippen molar-refractivity contribution in [1.29, 1.82) is 5.26 Å². The van der Waals surface area contributed by atoms with E-state index in [4.69, 9.17) is 20.5 Å². The normalized spacial score (nSPS) is 17.4. The molecule has 3 rings (SSSR count). The van der Waals surface area contributed by atoms with Crippen LogP contribution < -0.4 is 31.4 Å². The number of hydrogen-bond acceptors (Lipinski definition) is 9. The highest BCUT2D eigenvalue weighted by Crippen LogP contribution is 2.37. The van der Waals surface area contributed by atoms with Crippen LogP contribution in [0.15, 0.2) is 30.6 Å². The third-order valence-electron chi connectivity index (χ3n) is 4.19. The molecule has 0 saturated carbocycles. The fourth-order valence-corrected chi connectivity index (χ4v) is 2.92. The summed E-state index contributed by atoms with van der Waals surface area (Å²) < 4.78 is 11.4. The summed E-state index contributed by atoms with van der Waals surface area (Å²) in [4.78, 5) is 8.20. The van der Waals surface area contributed by atoms with Crippen molar-refractivity contribution in [3.8, 4) is 17.6 Å². The molecule has 0 amide bonds. The van der Waals surface area contributed by atoms with Gasteiger partial charge in [-0.05, 0) is 25.1 Å². The van der Waals surface area contributed by atoms with Crippen LogP contribution in [0.5, 0.6) is 11.5 Å². The van der Waals surface area contributed by atoms with Crippen LogP contribution in [0.4, 0.5) is 5.82 Å². The summed E-state index contributed by atoms with van der Waals surface area (Å²) in [5.74, 6) is 2.13. The first-order valence-electron chi connectivity index (χ1n) is 8.74. The van der Waals surface area contributed by atoms with Crippen LogP contribution in [0.1, 0.15) is 30.1 Å². The average molecular weight is 442 g/mol. The topological polar surface area (TPSA) is 130 Å². The Morgan fingerprint density at radius 3 is 2.69 bits per heavy atom. The van der Waals surface area contributed by atoms with E-state index in [1.54, 1.807) is 7.11 Å². The van der Waals surface area contributed by atoms with Crippen molar-refractivity contribution in [2.24, 2.45) is 5.73 Å². The molecule has 2 unspecified atom stereocenters. The van der Waals surface area contributed by atoms with Gasteiger partial charge in [0.05, 0.1) is 43.9 Å². The van der Waals surface area contributed by atoms with E-state index in [0.717, 1.165) is 29.9 Å². The van der Waals surface area contributed by atoms with Crippen molar-refractivity contribution < 1.29 is 9.47 Å². The first-order valence-corrected chi connectivity index (χ1v) is 8.74. The minimum Gasteiger partial charge on any atom is -0.496 e. The minimum absolute atomic E-state index is 0. The minimum atomic E-state index is -0.0703. The lowest BCUT2D eigenvalue weighted by Crippen LogP contribution is -2.36. The van der Waals surface area contributed by atoms with Crippen LogP contribution in [-0.2, 0) is 0 Å². The zero-order valence-corrected chi connectivity index (χ0v) is 17.6. The summed E-state index contributed by atoms with van der Waals surface area (Å²) in [7, 11) is 1.65. The molecule has 158 valence electrons. The first kappa shape index (κ1) is 24.7. The second kappa shape index (κ2) is 12.3. The van der Waals surface area contributed by atoms with E-state index >= 15 is 0 Å². The number of anilines is 1. The van der Waals surface area contributed by atoms with Crippen molar-refractivity contribution in [3.05, 3.63) is 41.9 Å². The van der Waals surface area contributed by atoms with Crippen LogP contribution >= 0.6 is 24.8 Å². The quantitative estimate of drug-likeness (QED) is 0.453. The molecule has 2 atom stereocenters. The lowest BCUT2D eigenvalue weighted by molar-refractivity contribution is 0.302. The Morgan fingerprint density at radius 2 is 2.03 bits per heavy atom. The zero-order valence-electron chi connectivity index (χ0n) is 15.9. The number of methoxy groups -OCH3 is 1. The summed E-state index contributed by atoms with van der Waals surface area (Å²) in [6.45, 7) is 1.14. The first-order chi connectivity index (χ1) is 13.2. The molecule has 5 N–H and O–H groups in total. The summed E-state index contributed by atoms with van der Waals surface area (Å²) >= 11 is 0. The molecule has 9 nitrogen and oxygen atoms in total. The maximum Gasteiger partial charge on any atom is 0.158 e. The van der Waals surface area contributed by atoms with Crippen molar-refractivity contribution >= 4 is 30.6 Å². The molecule has 1 aromatic carbocycles. The number of nitrogens with zero attached hydrogens (tertiary/aromatic N) is 3. The van der Waals surface area contributed by atoms with E-state index in [1.807, 2.05) is 24.3 Å². The van der Waals surface area contributed by atoms with E-state index in [-0.39, 0.29) is 42.7 Å². The second-order valence-electron chi connectivity index (χ2n) is 6.04. The highest BCUT2D eigenvalue weighted by Gasteiger charge is 2.30. The maximum atomic E-state index is 8.80. The fraction of sp³-hybridized carbons (Fsp3) is 0.389. The molecule has 1 aliphatic heterocycles. The smallest absolute Gasteiger partial charge is 0.158 e. The number of ether oxygens (including phenoxy) is 2. The third kappa shape index (κ3) is 6.32. The van der Waals surface area contributed by atoms with Gasteiger partial charge in [-0.15, -0.1) is 24.8 Å². The van der Waals surface area contributed by atoms with Crippen molar-refractivity contribution in [2.45, 2.75) is 25.0 Å². The van der Waals surface area contributed by atoms with Gasteiger partial charge in [-0.2, -0.15) is 5.26 Å². The Balaban J connectivity index is 0.00000210. The monoisotopic (exact) mass is 441 g/mol. The average Bonchev–Trinajstić information content (AvgIpc) is 3.16. The Morgan fingerprint density at radius 1 is 1.24 bits per heavy atom. The van der Waals surface area contributed by atoms with Gasteiger partial charge in [-0.1, -0.05) is 6.07 Å². The van der Waals surface area contributed by atoms with Gasteiger partial charge in [0.15, 0.2) is 5.69 Å². The van der Waals surface area contributed by atoms with Crippen LogP contribution in [0, 0.1) is 11.3 Å². The van der Waals surface area contributed by atoms with Crippen molar-refractivity contribution in [3.63, 3.8) is 0 Å². The molecule has 0 spiro atoms. The lowest BCUT2D eigenvalue weighted by Gasteiger charge is -2.19. The molecule has 1 aliphatic rings. The van der Waals surface area contributed by atoms with Gasteiger partial charge in [0.2, 0.25) is 0 Å². The molecule has 0 aliphatic carbocycles. The van der Waals surface area contributed by atoms with Gasteiger partial charge in [-0.25, -0.2) is 20.8 Å². The highest BCUT2D eigenvalue weighted by atomic mass is 35.5. The SMILES string of the molecule is COc1cccc(OCCCN)c1C1CC(Nc2cnc(C#N)cn2)NN1.Cl.Cl. The molecular weight excluding hydrogens is 417 g/mol. The van der Waals surface area contributed by atoms with Crippen LogP contribution in [0.2, 0.25) is 0 Å². The molecule has 0 bridgehead atoms. The standard InChI is InChI=1S/C18H23N7O2.2ClH/c1-26-14-4-2-5-15(27-7-3-6-19)18(14)13-8-16(25-24-13)23-17-11-21-12(9-20)10-22-17;;/h2,4-5,10-11,13,16,24-25H,3,6-8,19H2,1H3,(H,22,23);2*1H. The molecule has 1 aromatic heterocycles. The fourth-order valence-electron chi connectivity index (χ4n) is 2.92. The third-order valence-corrected chi connectivity index (χ3v) is 4.19. The van der Waals surface area contributed by atoms with E-state index in [2.05, 4.69) is 26.1 Å². The molecule has 2 aromatic rings. The molecule has 0 radical (unpaired) electrons. The number of hydrogen-bond donors (Lipinski definition) is 4. The van der Waals surface area contributed by atoms with Gasteiger partial charge in [-0.3, -0.25) is 0 Å². The summed E-state index contributed by atoms with van der Waals surface area (Å²) in [5, 5.41) is 12.0. The van der Waals surface area contributed by atoms with Crippen LogP contribution in [0.25, 0.3) is 0 Å². The Kier molecular flexibility index (Phi) is 10.4. The molecule has 1 saturated heterocycles. The predicted octanol–water partition coefficient (Wildman–Crippen LogP) is 1.91. The molecular formula is C18H25Cl2N7O2. The Hall–Kier alpha value is -2.35. The number of hydrazine groups is 1. The molecule has 2 heterocycles. The predicted molar refractivity (Wildman–Crippen MR) is 114 cm³/mol. The Bertz CT molecular complexity index is 802. The van der Waals surface area contributed by atoms with Gasteiger partial charge < -0.3 is 20.5 Å². The second-order valence-corrected chi connectivity index (χ2v) is 6.04. The van der Waals surface area contributed by atoms with E-state index < -0.39 is 0 Å². The summed E-state index contributed by atoms with van der Waals surface area (Å²) in [5.41, 5.74) is 13.3. The molecule has 1 fully saturated rings. The zero-order chi connectivity index (χ0) is 19.1. The highest BCUT2D eigenvalue weighted by molar-refractivity contribution is 5.85. The number of rotatable bonds is 8. The van der Waals surface area contributed by atoms with Crippen LogP contribution in [-0.4, -0.2) is 36.4 Å². The van der Waals surface area contributed by atoms with Gasteiger partial charge in [0.1, 0.15) is 23.4 Å². The van der Waals surface area contributed by atoms with Gasteiger partial charge in [0, 0.05) is 6.42 Å². The number of nitrogens with two attached hydrogens (primary N) is 1. The number of halogens is 2. The summed E-state index contributed by atoms with van der Waals surface area (Å²) in [6.07, 6.45) is 4.42. The lowest BCUT2D eigenvalue weighted by atomic mass is 10.0. The van der Waals surface area contributed by atoms with Gasteiger partial charge in [0.25, 0.3) is 0 Å². The largest absolute Gasteiger partial charge is 0.496 e. The number of benzene rings is 1. The number of nitriles is 1. The maximum absolute atomic E-state index is 8.80. The molecule has 29 heavy (non-hydrogen) atoms. The molecule has 11 heteroatoms. The summed E-state index contributed by atoms with van der Waals surface area (Å²) in [6, 6.07) is 7.69. The van der Waals surface area contributed by atoms with E-state index in [0.29, 0.717) is 19.0 Å². The number of nitrogens with one attached hydrogen (secondary N) is 3. The van der Waals surface area contributed by atoms with Crippen molar-refractivity contribution in [2.75, 3.05) is 25.6 Å². The van der Waals surface area contributed by atoms with E-state index in [1.165, 1.54) is 12.4 Å².